The van der Waals surface area contributed by atoms with Gasteiger partial charge < -0.3 is 29.8 Å². The van der Waals surface area contributed by atoms with E-state index < -0.39 is 29.5 Å². The minimum Gasteiger partial charge on any atom is -0.480 e. The first-order valence-electron chi connectivity index (χ1n) is 11.4. The van der Waals surface area contributed by atoms with Crippen molar-refractivity contribution in [3.63, 3.8) is 0 Å². The Morgan fingerprint density at radius 2 is 2.08 bits per heavy atom. The molecule has 2 aromatic heterocycles. The second-order valence-electron chi connectivity index (χ2n) is 8.61. The topological polar surface area (TPSA) is 152 Å². The van der Waals surface area contributed by atoms with Gasteiger partial charge in [-0.1, -0.05) is 0 Å². The summed E-state index contributed by atoms with van der Waals surface area (Å²) < 4.78 is 26.6. The zero-order chi connectivity index (χ0) is 26.3. The lowest BCUT2D eigenvalue weighted by atomic mass is 10.0. The van der Waals surface area contributed by atoms with E-state index in [1.165, 1.54) is 28.6 Å². The fourth-order valence-electron chi connectivity index (χ4n) is 4.43. The van der Waals surface area contributed by atoms with Gasteiger partial charge in [0.2, 0.25) is 0 Å². The number of carboxylic acid groups (broad SMARTS) is 1. The number of amides is 2. The van der Waals surface area contributed by atoms with Gasteiger partial charge in [0.25, 0.3) is 11.5 Å². The molecule has 0 saturated carbocycles. The smallest absolute Gasteiger partial charge is 0.416 e. The number of halogens is 1. The van der Waals surface area contributed by atoms with Crippen LogP contribution in [-0.4, -0.2) is 65.0 Å². The number of aromatic nitrogens is 2. The normalized spacial score (nSPS) is 16.8. The number of carboxylic acids is 1. The van der Waals surface area contributed by atoms with Crippen molar-refractivity contribution < 1.29 is 33.4 Å². The molecule has 12 nitrogen and oxygen atoms in total. The van der Waals surface area contributed by atoms with Crippen LogP contribution in [0.15, 0.2) is 35.1 Å². The maximum Gasteiger partial charge on any atom is 0.416 e. The monoisotopic (exact) mass is 511 g/mol. The van der Waals surface area contributed by atoms with E-state index in [2.05, 4.69) is 15.6 Å². The highest BCUT2D eigenvalue weighted by Gasteiger charge is 2.33. The molecule has 13 heteroatoms. The highest BCUT2D eigenvalue weighted by Crippen LogP contribution is 2.30. The summed E-state index contributed by atoms with van der Waals surface area (Å²) in [6, 6.07) is 6.75. The number of hydrogen-bond acceptors (Lipinski definition) is 8. The van der Waals surface area contributed by atoms with E-state index in [9.17, 15) is 28.7 Å². The lowest BCUT2D eigenvalue weighted by Crippen LogP contribution is -2.32. The van der Waals surface area contributed by atoms with Crippen LogP contribution in [0.3, 0.4) is 0 Å². The van der Waals surface area contributed by atoms with Crippen molar-refractivity contribution in [3.05, 3.63) is 57.6 Å². The van der Waals surface area contributed by atoms with Crippen LogP contribution < -0.4 is 25.8 Å². The number of pyridine rings is 2. The van der Waals surface area contributed by atoms with Crippen LogP contribution in [0.25, 0.3) is 10.9 Å². The molecule has 0 bridgehead atoms. The molecule has 1 fully saturated rings. The Hall–Kier alpha value is -4.52. The predicted molar refractivity (Wildman–Crippen MR) is 129 cm³/mol. The maximum absolute atomic E-state index is 14.7. The fraction of sp³-hybridized carbons (Fsp3) is 0.292. The van der Waals surface area contributed by atoms with Crippen molar-refractivity contribution in [1.29, 1.82) is 0 Å². The van der Waals surface area contributed by atoms with Crippen molar-refractivity contribution in [2.75, 3.05) is 36.5 Å². The van der Waals surface area contributed by atoms with Crippen LogP contribution in [0.5, 0.6) is 5.75 Å². The molecule has 4 heterocycles. The lowest BCUT2D eigenvalue weighted by molar-refractivity contribution is -0.118. The Balaban J connectivity index is 1.25. The van der Waals surface area contributed by atoms with Crippen LogP contribution in [0.1, 0.15) is 15.9 Å². The highest BCUT2D eigenvalue weighted by molar-refractivity contribution is 6.03. The van der Waals surface area contributed by atoms with Crippen LogP contribution in [0.2, 0.25) is 0 Å². The largest absolute Gasteiger partial charge is 0.480 e. The zero-order valence-electron chi connectivity index (χ0n) is 19.6. The number of anilines is 2. The quantitative estimate of drug-likeness (QED) is 0.398. The molecule has 2 aliphatic rings. The number of aryl methyl sites for hydroxylation is 1. The van der Waals surface area contributed by atoms with Gasteiger partial charge in [-0.15, -0.1) is 0 Å². The third-order valence-electron chi connectivity index (χ3n) is 6.21. The lowest BCUT2D eigenvalue weighted by Gasteiger charge is -2.19. The van der Waals surface area contributed by atoms with Crippen LogP contribution in [0, 0.1) is 5.82 Å². The van der Waals surface area contributed by atoms with E-state index in [-0.39, 0.29) is 66.4 Å². The maximum atomic E-state index is 14.7. The molecular formula is C24H22FN5O7. The Morgan fingerprint density at radius 1 is 1.27 bits per heavy atom. The molecule has 0 unspecified atom stereocenters. The minimum absolute atomic E-state index is 0.104. The number of nitrogens with zero attached hydrogens (tertiary/aromatic N) is 3. The van der Waals surface area contributed by atoms with Crippen molar-refractivity contribution in [1.82, 2.24) is 14.9 Å². The van der Waals surface area contributed by atoms with Gasteiger partial charge in [0, 0.05) is 30.6 Å². The second-order valence-corrected chi connectivity index (χ2v) is 8.61. The van der Waals surface area contributed by atoms with E-state index in [1.807, 2.05) is 0 Å². The van der Waals surface area contributed by atoms with Gasteiger partial charge in [-0.25, -0.2) is 19.0 Å². The van der Waals surface area contributed by atoms with Crippen LogP contribution in [0.4, 0.5) is 20.8 Å². The SMILES string of the molecule is Cn1c(=O)cc(C(=O)O)c2ccc(F)c(CCNC[C@H]3CN(c4ccc5c(n4)NC(=O)CO5)C(=O)O3)c21. The molecule has 0 radical (unpaired) electrons. The molecule has 1 aromatic carbocycles. The first kappa shape index (κ1) is 24.2. The van der Waals surface area contributed by atoms with Gasteiger partial charge in [0.15, 0.2) is 18.2 Å². The molecule has 1 atom stereocenters. The molecule has 37 heavy (non-hydrogen) atoms. The van der Waals surface area contributed by atoms with Crippen molar-refractivity contribution in [2.45, 2.75) is 12.5 Å². The molecule has 1 saturated heterocycles. The number of carbonyl (C=O) groups is 3. The summed E-state index contributed by atoms with van der Waals surface area (Å²) in [5.41, 5.74) is -0.309. The Bertz CT molecular complexity index is 1510. The molecule has 2 aliphatic heterocycles. The van der Waals surface area contributed by atoms with Gasteiger partial charge in [-0.05, 0) is 37.2 Å². The van der Waals surface area contributed by atoms with E-state index >= 15 is 0 Å². The predicted octanol–water partition coefficient (Wildman–Crippen LogP) is 1.26. The number of hydrogen-bond donors (Lipinski definition) is 3. The molecular weight excluding hydrogens is 489 g/mol. The third-order valence-corrected chi connectivity index (χ3v) is 6.21. The Kier molecular flexibility index (Phi) is 6.21. The van der Waals surface area contributed by atoms with Crippen molar-refractivity contribution >= 4 is 40.5 Å². The van der Waals surface area contributed by atoms with Gasteiger partial charge in [-0.3, -0.25) is 14.5 Å². The molecule has 5 rings (SSSR count). The van der Waals surface area contributed by atoms with Crippen molar-refractivity contribution in [3.8, 4) is 5.75 Å². The van der Waals surface area contributed by atoms with Gasteiger partial charge >= 0.3 is 12.1 Å². The van der Waals surface area contributed by atoms with E-state index in [4.69, 9.17) is 9.47 Å². The molecule has 192 valence electrons. The summed E-state index contributed by atoms with van der Waals surface area (Å²) in [5.74, 6) is -1.24. The van der Waals surface area contributed by atoms with Crippen molar-refractivity contribution in [2.24, 2.45) is 7.05 Å². The number of benzene rings is 1. The fourth-order valence-corrected chi connectivity index (χ4v) is 4.43. The first-order valence-corrected chi connectivity index (χ1v) is 11.4. The molecule has 2 amide bonds. The summed E-state index contributed by atoms with van der Waals surface area (Å²) in [6.45, 7) is 0.632. The van der Waals surface area contributed by atoms with E-state index in [0.717, 1.165) is 6.07 Å². The molecule has 0 spiro atoms. The highest BCUT2D eigenvalue weighted by atomic mass is 19.1. The summed E-state index contributed by atoms with van der Waals surface area (Å²) in [5, 5.41) is 15.4. The number of rotatable bonds is 7. The first-order chi connectivity index (χ1) is 17.7. The standard InChI is InChI=1S/C24H22FN5O7/c1-29-20(32)8-15(23(33)34)13-2-3-16(25)14(21(13)29)6-7-26-9-12-10-30(24(35)37-12)18-5-4-17-22(27-18)28-19(31)11-36-17/h2-5,8,12,26H,6-7,9-11H2,1H3,(H,33,34)(H,27,28,31)/t12-/m0/s1. The van der Waals surface area contributed by atoms with Gasteiger partial charge in [-0.2, -0.15) is 0 Å². The Morgan fingerprint density at radius 3 is 2.86 bits per heavy atom. The molecule has 0 aliphatic carbocycles. The van der Waals surface area contributed by atoms with Crippen LogP contribution >= 0.6 is 0 Å². The van der Waals surface area contributed by atoms with Gasteiger partial charge in [0.05, 0.1) is 17.6 Å². The summed E-state index contributed by atoms with van der Waals surface area (Å²) >= 11 is 0. The number of fused-ring (bicyclic) bond motifs is 2. The van der Waals surface area contributed by atoms with E-state index in [1.54, 1.807) is 12.1 Å². The zero-order valence-corrected chi connectivity index (χ0v) is 19.6. The number of nitrogens with one attached hydrogen (secondary N) is 2. The summed E-state index contributed by atoms with van der Waals surface area (Å²) in [7, 11) is 1.46. The van der Waals surface area contributed by atoms with Gasteiger partial charge in [0.1, 0.15) is 17.7 Å². The van der Waals surface area contributed by atoms with Crippen LogP contribution in [-0.2, 0) is 23.0 Å². The minimum atomic E-state index is -1.27. The number of ether oxygens (including phenoxy) is 2. The molecule has 3 aromatic rings. The second kappa shape index (κ2) is 9.50. The summed E-state index contributed by atoms with van der Waals surface area (Å²) in [4.78, 5) is 53.4. The average Bonchev–Trinajstić information content (AvgIpc) is 3.24. The number of cyclic esters (lactones) is 1. The Labute approximate surface area is 208 Å². The molecule has 3 N–H and O–H groups in total. The third kappa shape index (κ3) is 4.56. The average molecular weight is 511 g/mol. The number of carbonyl (C=O) groups excluding carboxylic acids is 2. The van der Waals surface area contributed by atoms with E-state index in [0.29, 0.717) is 11.6 Å². The summed E-state index contributed by atoms with van der Waals surface area (Å²) in [6.07, 6.45) is -0.953. The number of aromatic carboxylic acids is 1.